The van der Waals surface area contributed by atoms with Crippen molar-refractivity contribution in [2.24, 2.45) is 0 Å². The molecule has 0 aromatic heterocycles. The van der Waals surface area contributed by atoms with E-state index in [0.29, 0.717) is 22.5 Å². The molecule has 0 unspecified atom stereocenters. The molecular formula is C19H18N2O5. The smallest absolute Gasteiger partial charge is 0.337 e. The second kappa shape index (κ2) is 9.22. The first kappa shape index (κ1) is 19.0. The van der Waals surface area contributed by atoms with Crippen molar-refractivity contribution in [1.29, 1.82) is 0 Å². The van der Waals surface area contributed by atoms with E-state index in [0.717, 1.165) is 0 Å². The number of terminal acetylenes is 1. The predicted molar refractivity (Wildman–Crippen MR) is 96.6 cm³/mol. The summed E-state index contributed by atoms with van der Waals surface area (Å²) in [5, 5.41) is 5.33. The molecule has 7 nitrogen and oxygen atoms in total. The van der Waals surface area contributed by atoms with Crippen molar-refractivity contribution >= 4 is 23.4 Å². The zero-order valence-electron chi connectivity index (χ0n) is 14.4. The number of ether oxygens (including phenoxy) is 1. The molecule has 0 radical (unpaired) electrons. The van der Waals surface area contributed by atoms with E-state index in [2.05, 4.69) is 21.4 Å². The average Bonchev–Trinajstić information content (AvgIpc) is 2.65. The molecule has 0 aliphatic carbocycles. The largest absolute Gasteiger partial charge is 0.465 e. The third-order valence-corrected chi connectivity index (χ3v) is 3.30. The summed E-state index contributed by atoms with van der Waals surface area (Å²) in [5.41, 5.74) is 2.49. The van der Waals surface area contributed by atoms with Gasteiger partial charge >= 0.3 is 12.0 Å². The van der Waals surface area contributed by atoms with Gasteiger partial charge in [-0.1, -0.05) is 12.0 Å². The highest BCUT2D eigenvalue weighted by molar-refractivity contribution is 6.01. The number of rotatable bonds is 6. The van der Waals surface area contributed by atoms with Crippen molar-refractivity contribution in [1.82, 2.24) is 0 Å². The second-order valence-electron chi connectivity index (χ2n) is 5.14. The molecule has 0 spiro atoms. The van der Waals surface area contributed by atoms with Crippen molar-refractivity contribution in [3.05, 3.63) is 59.2 Å². The van der Waals surface area contributed by atoms with E-state index in [1.165, 1.54) is 20.3 Å². The van der Waals surface area contributed by atoms with Crippen LogP contribution in [-0.2, 0) is 21.1 Å². The Bertz CT molecular complexity index is 842. The molecular weight excluding hydrogens is 336 g/mol. The summed E-state index contributed by atoms with van der Waals surface area (Å²) in [6.45, 7) is 0.0991. The number of hydrogen-bond donors (Lipinski definition) is 2. The molecule has 7 heteroatoms. The maximum absolute atomic E-state index is 12.2. The van der Waals surface area contributed by atoms with E-state index < -0.39 is 12.0 Å². The Hall–Kier alpha value is -3.34. The number of nitrogens with one attached hydrogen (secondary N) is 2. The number of urea groups is 1. The average molecular weight is 354 g/mol. The van der Waals surface area contributed by atoms with E-state index in [9.17, 15) is 9.59 Å². The first-order chi connectivity index (χ1) is 12.5. The molecule has 26 heavy (non-hydrogen) atoms. The molecule has 2 aromatic rings. The van der Waals surface area contributed by atoms with Crippen LogP contribution in [0.1, 0.15) is 21.5 Å². The van der Waals surface area contributed by atoms with Crippen molar-refractivity contribution in [2.75, 3.05) is 24.9 Å². The Morgan fingerprint density at radius 1 is 1.08 bits per heavy atom. The van der Waals surface area contributed by atoms with Crippen molar-refractivity contribution in [3.8, 4) is 12.3 Å². The monoisotopic (exact) mass is 354 g/mol. The van der Waals surface area contributed by atoms with Gasteiger partial charge in [-0.05, 0) is 42.0 Å². The van der Waals surface area contributed by atoms with Crippen LogP contribution in [0.5, 0.6) is 0 Å². The number of carbonyl (C=O) groups excluding carboxylic acids is 2. The number of carbonyl (C=O) groups is 2. The lowest BCUT2D eigenvalue weighted by Gasteiger charge is -2.11. The Kier molecular flexibility index (Phi) is 6.74. The van der Waals surface area contributed by atoms with Crippen LogP contribution < -0.4 is 10.6 Å². The summed E-state index contributed by atoms with van der Waals surface area (Å²) in [5.74, 6) is 1.96. The molecule has 0 saturated carbocycles. The number of anilines is 2. The molecule has 0 fully saturated rings. The van der Waals surface area contributed by atoms with Crippen molar-refractivity contribution in [2.45, 2.75) is 6.61 Å². The number of hydrogen-bond acceptors (Lipinski definition) is 5. The predicted octanol–water partition coefficient (Wildman–Crippen LogP) is 3.18. The topological polar surface area (TPSA) is 85.9 Å². The lowest BCUT2D eigenvalue weighted by molar-refractivity contribution is -0.282. The quantitative estimate of drug-likeness (QED) is 0.360. The fourth-order valence-electron chi connectivity index (χ4n) is 2.19. The summed E-state index contributed by atoms with van der Waals surface area (Å²) < 4.78 is 4.72. The summed E-state index contributed by atoms with van der Waals surface area (Å²) >= 11 is 0. The van der Waals surface area contributed by atoms with E-state index in [-0.39, 0.29) is 12.2 Å². The highest BCUT2D eigenvalue weighted by Gasteiger charge is 2.11. The van der Waals surface area contributed by atoms with Crippen LogP contribution in [-0.4, -0.2) is 26.2 Å². The highest BCUT2D eigenvalue weighted by atomic mass is 17.2. The van der Waals surface area contributed by atoms with Crippen molar-refractivity contribution < 1.29 is 24.1 Å². The molecule has 0 aliphatic rings. The first-order valence-corrected chi connectivity index (χ1v) is 7.58. The molecule has 0 saturated heterocycles. The van der Waals surface area contributed by atoms with Crippen molar-refractivity contribution in [3.63, 3.8) is 0 Å². The van der Waals surface area contributed by atoms with Gasteiger partial charge in [0.15, 0.2) is 0 Å². The lowest BCUT2D eigenvalue weighted by Crippen LogP contribution is -2.20. The molecule has 134 valence electrons. The summed E-state index contributed by atoms with van der Waals surface area (Å²) in [4.78, 5) is 33.4. The first-order valence-electron chi connectivity index (χ1n) is 7.58. The van der Waals surface area contributed by atoms with Crippen LogP contribution in [0.2, 0.25) is 0 Å². The molecule has 2 amide bonds. The van der Waals surface area contributed by atoms with Crippen LogP contribution in [0.25, 0.3) is 0 Å². The van der Waals surface area contributed by atoms with Gasteiger partial charge < -0.3 is 15.4 Å². The third-order valence-electron chi connectivity index (χ3n) is 3.30. The van der Waals surface area contributed by atoms with E-state index in [1.54, 1.807) is 36.4 Å². The minimum Gasteiger partial charge on any atom is -0.465 e. The van der Waals surface area contributed by atoms with Gasteiger partial charge in [0.2, 0.25) is 0 Å². The summed E-state index contributed by atoms with van der Waals surface area (Å²) in [7, 11) is 2.65. The number of methoxy groups -OCH3 is 1. The van der Waals surface area contributed by atoms with Gasteiger partial charge in [0, 0.05) is 16.9 Å². The van der Waals surface area contributed by atoms with Gasteiger partial charge in [-0.3, -0.25) is 0 Å². The van der Waals surface area contributed by atoms with Crippen LogP contribution in [0.4, 0.5) is 16.2 Å². The van der Waals surface area contributed by atoms with Gasteiger partial charge in [0.05, 0.1) is 19.8 Å². The fourth-order valence-corrected chi connectivity index (χ4v) is 2.19. The van der Waals surface area contributed by atoms with Crippen LogP contribution in [0, 0.1) is 12.3 Å². The van der Waals surface area contributed by atoms with Crippen LogP contribution in [0.15, 0.2) is 42.5 Å². The molecule has 0 aliphatic heterocycles. The zero-order chi connectivity index (χ0) is 18.9. The molecule has 2 N–H and O–H groups in total. The van der Waals surface area contributed by atoms with Gasteiger partial charge in [-0.25, -0.2) is 19.4 Å². The standard InChI is InChI=1S/C19H18N2O5/c1-4-13-6-5-7-16(9-13)20-19(23)21-17-10-14(12-26-25-3)8-15(11-17)18(22)24-2/h1,5-11H,12H2,2-3H3,(H2,20,21,23). The Labute approximate surface area is 151 Å². The second-order valence-corrected chi connectivity index (χ2v) is 5.14. The number of benzene rings is 2. The van der Waals surface area contributed by atoms with E-state index in [1.807, 2.05) is 0 Å². The molecule has 2 rings (SSSR count). The van der Waals surface area contributed by atoms with Crippen LogP contribution in [0.3, 0.4) is 0 Å². The highest BCUT2D eigenvalue weighted by Crippen LogP contribution is 2.18. The zero-order valence-corrected chi connectivity index (χ0v) is 14.4. The Morgan fingerprint density at radius 3 is 2.54 bits per heavy atom. The van der Waals surface area contributed by atoms with Gasteiger partial charge in [-0.15, -0.1) is 6.42 Å². The number of esters is 1. The van der Waals surface area contributed by atoms with Gasteiger partial charge in [-0.2, -0.15) is 0 Å². The van der Waals surface area contributed by atoms with Gasteiger partial charge in [0.1, 0.15) is 6.61 Å². The maximum atomic E-state index is 12.2. The summed E-state index contributed by atoms with van der Waals surface area (Å²) in [6.07, 6.45) is 5.34. The van der Waals surface area contributed by atoms with Gasteiger partial charge in [0.25, 0.3) is 0 Å². The van der Waals surface area contributed by atoms with E-state index >= 15 is 0 Å². The SMILES string of the molecule is C#Cc1cccc(NC(=O)Nc2cc(COOC)cc(C(=O)OC)c2)c1. The normalized spacial score (nSPS) is 9.88. The third kappa shape index (κ3) is 5.34. The lowest BCUT2D eigenvalue weighted by atomic mass is 10.1. The fraction of sp³-hybridized carbons (Fsp3) is 0.158. The molecule has 0 heterocycles. The van der Waals surface area contributed by atoms with Crippen LogP contribution >= 0.6 is 0 Å². The Morgan fingerprint density at radius 2 is 1.85 bits per heavy atom. The molecule has 0 atom stereocenters. The molecule has 2 aromatic carbocycles. The summed E-state index contributed by atoms with van der Waals surface area (Å²) in [6, 6.07) is 11.1. The minimum absolute atomic E-state index is 0.0991. The van der Waals surface area contributed by atoms with E-state index in [4.69, 9.17) is 16.0 Å². The maximum Gasteiger partial charge on any atom is 0.337 e. The molecule has 0 bridgehead atoms. The Balaban J connectivity index is 2.16. The number of amides is 2. The minimum atomic E-state index is -0.533.